The lowest BCUT2D eigenvalue weighted by Crippen LogP contribution is -2.27. The predicted octanol–water partition coefficient (Wildman–Crippen LogP) is 3.80. The Morgan fingerprint density at radius 2 is 2.17 bits per heavy atom. The zero-order chi connectivity index (χ0) is 13.0. The summed E-state index contributed by atoms with van der Waals surface area (Å²) in [5.74, 6) is 1.46. The fraction of sp³-hybridized carbons (Fsp3) is 0.667. The van der Waals surface area contributed by atoms with E-state index < -0.39 is 0 Å². The van der Waals surface area contributed by atoms with Crippen LogP contribution in [0.2, 0.25) is 0 Å². The van der Waals surface area contributed by atoms with E-state index in [1.165, 1.54) is 25.0 Å². The fourth-order valence-corrected chi connectivity index (χ4v) is 2.58. The van der Waals surface area contributed by atoms with Gasteiger partial charge in [-0.3, -0.25) is 4.98 Å². The summed E-state index contributed by atoms with van der Waals surface area (Å²) in [5, 5.41) is 3.66. The summed E-state index contributed by atoms with van der Waals surface area (Å²) in [6.45, 7) is 5.75. The first kappa shape index (κ1) is 14.0. The third kappa shape index (κ3) is 5.07. The third-order valence-electron chi connectivity index (χ3n) is 3.36. The first-order valence-electron chi connectivity index (χ1n) is 6.97. The molecule has 1 heterocycles. The van der Waals surface area contributed by atoms with Crippen LogP contribution in [0.5, 0.6) is 0 Å². The minimum atomic E-state index is 0.708. The Labute approximate surface area is 119 Å². The maximum absolute atomic E-state index is 4.49. The fourth-order valence-electron chi connectivity index (χ4n) is 2.35. The number of nitrogens with one attached hydrogen (secondary N) is 1. The van der Waals surface area contributed by atoms with E-state index in [1.54, 1.807) is 0 Å². The largest absolute Gasteiger partial charge is 0.314 e. The molecule has 1 aliphatic rings. The lowest BCUT2D eigenvalue weighted by molar-refractivity contribution is 0.381. The van der Waals surface area contributed by atoms with Gasteiger partial charge in [0.1, 0.15) is 0 Å². The van der Waals surface area contributed by atoms with Gasteiger partial charge in [0.05, 0.1) is 0 Å². The molecule has 1 aromatic rings. The SMILES string of the molecule is CC(C)CC(CNC1CC1)Cc1ccc(Br)cn1. The topological polar surface area (TPSA) is 24.9 Å². The molecule has 0 aromatic carbocycles. The summed E-state index contributed by atoms with van der Waals surface area (Å²) in [6, 6.07) is 5.02. The summed E-state index contributed by atoms with van der Waals surface area (Å²) in [6.07, 6.45) is 6.99. The minimum Gasteiger partial charge on any atom is -0.314 e. The number of rotatable bonds is 7. The Balaban J connectivity index is 1.87. The van der Waals surface area contributed by atoms with Gasteiger partial charge in [-0.1, -0.05) is 13.8 Å². The van der Waals surface area contributed by atoms with Crippen molar-refractivity contribution < 1.29 is 0 Å². The normalized spacial score (nSPS) is 17.1. The maximum atomic E-state index is 4.49. The molecule has 100 valence electrons. The standard InChI is InChI=1S/C15H23BrN2/c1-11(2)7-12(9-17-14-5-6-14)8-15-4-3-13(16)10-18-15/h3-4,10-12,14,17H,5-9H2,1-2H3. The van der Waals surface area contributed by atoms with Gasteiger partial charge in [0.15, 0.2) is 0 Å². The molecule has 1 aromatic heterocycles. The van der Waals surface area contributed by atoms with E-state index in [2.05, 4.69) is 52.2 Å². The molecule has 0 saturated heterocycles. The molecule has 2 rings (SSSR count). The van der Waals surface area contributed by atoms with Gasteiger partial charge in [0, 0.05) is 22.4 Å². The zero-order valence-electron chi connectivity index (χ0n) is 11.3. The van der Waals surface area contributed by atoms with Gasteiger partial charge in [-0.15, -0.1) is 0 Å². The van der Waals surface area contributed by atoms with Crippen molar-refractivity contribution in [2.45, 2.75) is 45.6 Å². The van der Waals surface area contributed by atoms with Crippen LogP contribution in [0.15, 0.2) is 22.8 Å². The summed E-state index contributed by atoms with van der Waals surface area (Å²) in [7, 11) is 0. The van der Waals surface area contributed by atoms with E-state index in [4.69, 9.17) is 0 Å². The number of pyridine rings is 1. The van der Waals surface area contributed by atoms with Gasteiger partial charge in [-0.25, -0.2) is 0 Å². The number of hydrogen-bond acceptors (Lipinski definition) is 2. The van der Waals surface area contributed by atoms with Crippen molar-refractivity contribution in [3.63, 3.8) is 0 Å². The first-order valence-corrected chi connectivity index (χ1v) is 7.76. The highest BCUT2D eigenvalue weighted by atomic mass is 79.9. The van der Waals surface area contributed by atoms with Crippen molar-refractivity contribution in [3.8, 4) is 0 Å². The number of nitrogens with zero attached hydrogens (tertiary/aromatic N) is 1. The monoisotopic (exact) mass is 310 g/mol. The Morgan fingerprint density at radius 3 is 2.72 bits per heavy atom. The highest BCUT2D eigenvalue weighted by Gasteiger charge is 2.22. The van der Waals surface area contributed by atoms with Crippen molar-refractivity contribution in [1.82, 2.24) is 10.3 Å². The molecule has 1 N–H and O–H groups in total. The van der Waals surface area contributed by atoms with Gasteiger partial charge >= 0.3 is 0 Å². The van der Waals surface area contributed by atoms with E-state index in [9.17, 15) is 0 Å². The van der Waals surface area contributed by atoms with Crippen LogP contribution in [0.4, 0.5) is 0 Å². The average Bonchev–Trinajstić information content (AvgIpc) is 3.12. The summed E-state index contributed by atoms with van der Waals surface area (Å²) in [5.41, 5.74) is 1.21. The predicted molar refractivity (Wildman–Crippen MR) is 79.6 cm³/mol. The smallest absolute Gasteiger partial charge is 0.0413 e. The van der Waals surface area contributed by atoms with Crippen LogP contribution in [-0.4, -0.2) is 17.6 Å². The van der Waals surface area contributed by atoms with Crippen molar-refractivity contribution in [1.29, 1.82) is 0 Å². The molecule has 1 aliphatic carbocycles. The van der Waals surface area contributed by atoms with Gasteiger partial charge in [-0.2, -0.15) is 0 Å². The van der Waals surface area contributed by atoms with Crippen LogP contribution in [0.1, 0.15) is 38.8 Å². The number of halogens is 1. The molecule has 2 nitrogen and oxygen atoms in total. The van der Waals surface area contributed by atoms with Gasteiger partial charge in [0.2, 0.25) is 0 Å². The quantitative estimate of drug-likeness (QED) is 0.828. The van der Waals surface area contributed by atoms with E-state index in [1.807, 2.05) is 6.20 Å². The molecule has 1 atom stereocenters. The first-order chi connectivity index (χ1) is 8.63. The molecule has 0 amide bonds. The summed E-state index contributed by atoms with van der Waals surface area (Å²) >= 11 is 3.44. The molecule has 18 heavy (non-hydrogen) atoms. The molecule has 1 unspecified atom stereocenters. The third-order valence-corrected chi connectivity index (χ3v) is 3.83. The molecule has 1 fully saturated rings. The van der Waals surface area contributed by atoms with Crippen molar-refractivity contribution in [2.75, 3.05) is 6.54 Å². The minimum absolute atomic E-state index is 0.708. The zero-order valence-corrected chi connectivity index (χ0v) is 12.9. The van der Waals surface area contributed by atoms with Gasteiger partial charge < -0.3 is 5.32 Å². The Hall–Kier alpha value is -0.410. The number of aromatic nitrogens is 1. The summed E-state index contributed by atoms with van der Waals surface area (Å²) < 4.78 is 1.06. The second-order valence-corrected chi connectivity index (χ2v) is 6.77. The van der Waals surface area contributed by atoms with Gasteiger partial charge in [0.25, 0.3) is 0 Å². The summed E-state index contributed by atoms with van der Waals surface area (Å²) in [4.78, 5) is 4.49. The van der Waals surface area contributed by atoms with Crippen molar-refractivity contribution >= 4 is 15.9 Å². The Morgan fingerprint density at radius 1 is 1.39 bits per heavy atom. The van der Waals surface area contributed by atoms with Crippen LogP contribution < -0.4 is 5.32 Å². The highest BCUT2D eigenvalue weighted by molar-refractivity contribution is 9.10. The molecule has 0 spiro atoms. The second-order valence-electron chi connectivity index (χ2n) is 5.85. The van der Waals surface area contributed by atoms with E-state index in [-0.39, 0.29) is 0 Å². The van der Waals surface area contributed by atoms with E-state index >= 15 is 0 Å². The molecule has 0 radical (unpaired) electrons. The lowest BCUT2D eigenvalue weighted by Gasteiger charge is -2.19. The molecule has 0 aliphatic heterocycles. The van der Waals surface area contributed by atoms with E-state index in [0.29, 0.717) is 5.92 Å². The lowest BCUT2D eigenvalue weighted by atomic mass is 9.92. The van der Waals surface area contributed by atoms with Crippen LogP contribution in [0.3, 0.4) is 0 Å². The van der Waals surface area contributed by atoms with Crippen molar-refractivity contribution in [2.24, 2.45) is 11.8 Å². The van der Waals surface area contributed by atoms with Crippen LogP contribution in [0.25, 0.3) is 0 Å². The molecule has 3 heteroatoms. The Kier molecular flexibility index (Phi) is 5.19. The molecule has 1 saturated carbocycles. The average molecular weight is 311 g/mol. The Bertz CT molecular complexity index is 357. The highest BCUT2D eigenvalue weighted by Crippen LogP contribution is 2.21. The maximum Gasteiger partial charge on any atom is 0.0413 e. The van der Waals surface area contributed by atoms with E-state index in [0.717, 1.165) is 29.4 Å². The molecule has 0 bridgehead atoms. The molecular formula is C15H23BrN2. The van der Waals surface area contributed by atoms with Gasteiger partial charge in [-0.05, 0) is 72.1 Å². The van der Waals surface area contributed by atoms with Crippen LogP contribution in [-0.2, 0) is 6.42 Å². The van der Waals surface area contributed by atoms with Crippen molar-refractivity contribution in [3.05, 3.63) is 28.5 Å². The van der Waals surface area contributed by atoms with Crippen LogP contribution in [0, 0.1) is 11.8 Å². The number of hydrogen-bond donors (Lipinski definition) is 1. The van der Waals surface area contributed by atoms with Crippen LogP contribution >= 0.6 is 15.9 Å². The second kappa shape index (κ2) is 6.67. The molecular weight excluding hydrogens is 288 g/mol.